The summed E-state index contributed by atoms with van der Waals surface area (Å²) in [4.78, 5) is 6.32. The fraction of sp³-hybridized carbons (Fsp3) is 0.250. The van der Waals surface area contributed by atoms with Crippen molar-refractivity contribution in [3.8, 4) is 5.75 Å². The van der Waals surface area contributed by atoms with Crippen molar-refractivity contribution in [3.63, 3.8) is 0 Å². The second-order valence-corrected chi connectivity index (χ2v) is 5.75. The van der Waals surface area contributed by atoms with Crippen LogP contribution in [0.5, 0.6) is 5.75 Å². The second kappa shape index (κ2) is 4.72. The molecule has 3 aromatic heterocycles. The molecule has 4 nitrogen and oxygen atoms in total. The van der Waals surface area contributed by atoms with E-state index in [2.05, 4.69) is 4.98 Å². The summed E-state index contributed by atoms with van der Waals surface area (Å²) in [6.45, 7) is 0. The van der Waals surface area contributed by atoms with E-state index in [0.29, 0.717) is 6.42 Å². The van der Waals surface area contributed by atoms with E-state index in [1.807, 2.05) is 33.6 Å². The predicted octanol–water partition coefficient (Wildman–Crippen LogP) is 2.74. The zero-order chi connectivity index (χ0) is 12.5. The fourth-order valence-corrected chi connectivity index (χ4v) is 3.35. The minimum atomic E-state index is -0.525. The molecule has 6 heteroatoms. The molecule has 3 rings (SSSR count). The van der Waals surface area contributed by atoms with Crippen LogP contribution in [0.15, 0.2) is 29.2 Å². The third-order valence-electron chi connectivity index (χ3n) is 2.71. The number of imidazole rings is 1. The molecular formula is C12H12N2O2S2. The van der Waals surface area contributed by atoms with E-state index in [1.54, 1.807) is 18.4 Å². The van der Waals surface area contributed by atoms with Crippen molar-refractivity contribution in [1.29, 1.82) is 0 Å². The van der Waals surface area contributed by atoms with Crippen molar-refractivity contribution in [2.75, 3.05) is 7.11 Å². The second-order valence-electron chi connectivity index (χ2n) is 3.93. The minimum absolute atomic E-state index is 0.525. The smallest absolute Gasteiger partial charge is 0.193 e. The molecule has 18 heavy (non-hydrogen) atoms. The number of ether oxygens (including phenoxy) is 1. The molecular weight excluding hydrogens is 268 g/mol. The molecule has 0 bridgehead atoms. The van der Waals surface area contributed by atoms with E-state index in [1.165, 1.54) is 11.3 Å². The summed E-state index contributed by atoms with van der Waals surface area (Å²) >= 11 is 3.10. The SMILES string of the molecule is COc1csc(C(O)Cc2cn3ccsc3n2)c1. The lowest BCUT2D eigenvalue weighted by Gasteiger charge is -2.05. The van der Waals surface area contributed by atoms with Gasteiger partial charge in [0.25, 0.3) is 0 Å². The number of rotatable bonds is 4. The van der Waals surface area contributed by atoms with Gasteiger partial charge in [-0.15, -0.1) is 22.7 Å². The van der Waals surface area contributed by atoms with Gasteiger partial charge in [-0.2, -0.15) is 0 Å². The summed E-state index contributed by atoms with van der Waals surface area (Å²) in [6.07, 6.45) is 3.93. The molecule has 3 heterocycles. The van der Waals surface area contributed by atoms with Crippen LogP contribution in [0.4, 0.5) is 0 Å². The molecule has 0 fully saturated rings. The van der Waals surface area contributed by atoms with E-state index < -0.39 is 6.10 Å². The molecule has 1 N–H and O–H groups in total. The quantitative estimate of drug-likeness (QED) is 0.799. The van der Waals surface area contributed by atoms with Gasteiger partial charge in [0.1, 0.15) is 5.75 Å². The van der Waals surface area contributed by atoms with Crippen LogP contribution in [0.25, 0.3) is 4.96 Å². The summed E-state index contributed by atoms with van der Waals surface area (Å²) in [7, 11) is 1.63. The van der Waals surface area contributed by atoms with Gasteiger partial charge < -0.3 is 9.84 Å². The molecule has 1 atom stereocenters. The van der Waals surface area contributed by atoms with E-state index in [0.717, 1.165) is 21.3 Å². The van der Waals surface area contributed by atoms with E-state index in [-0.39, 0.29) is 0 Å². The number of thiazole rings is 1. The predicted molar refractivity (Wildman–Crippen MR) is 72.6 cm³/mol. The monoisotopic (exact) mass is 280 g/mol. The lowest BCUT2D eigenvalue weighted by atomic mass is 10.2. The van der Waals surface area contributed by atoms with Gasteiger partial charge in [-0.3, -0.25) is 4.40 Å². The van der Waals surface area contributed by atoms with Crippen LogP contribution >= 0.6 is 22.7 Å². The van der Waals surface area contributed by atoms with Crippen LogP contribution in [0.3, 0.4) is 0 Å². The molecule has 0 saturated heterocycles. The summed E-state index contributed by atoms with van der Waals surface area (Å²) in [5.74, 6) is 0.792. The molecule has 0 spiro atoms. The highest BCUT2D eigenvalue weighted by Crippen LogP contribution is 2.28. The summed E-state index contributed by atoms with van der Waals surface area (Å²) < 4.78 is 7.09. The highest BCUT2D eigenvalue weighted by molar-refractivity contribution is 7.15. The summed E-state index contributed by atoms with van der Waals surface area (Å²) in [5, 5.41) is 14.0. The molecule has 1 unspecified atom stereocenters. The topological polar surface area (TPSA) is 46.8 Å². The number of fused-ring (bicyclic) bond motifs is 1. The van der Waals surface area contributed by atoms with Crippen LogP contribution < -0.4 is 4.74 Å². The molecule has 94 valence electrons. The molecule has 0 aromatic carbocycles. The van der Waals surface area contributed by atoms with Crippen molar-refractivity contribution >= 4 is 27.6 Å². The van der Waals surface area contributed by atoms with Crippen molar-refractivity contribution in [2.24, 2.45) is 0 Å². The maximum Gasteiger partial charge on any atom is 0.193 e. The maximum absolute atomic E-state index is 10.2. The zero-order valence-corrected chi connectivity index (χ0v) is 11.4. The van der Waals surface area contributed by atoms with Crippen molar-refractivity contribution in [1.82, 2.24) is 9.38 Å². The van der Waals surface area contributed by atoms with Crippen LogP contribution in [0.2, 0.25) is 0 Å². The Morgan fingerprint density at radius 1 is 1.50 bits per heavy atom. The normalized spacial score (nSPS) is 13.0. The lowest BCUT2D eigenvalue weighted by Crippen LogP contribution is -1.99. The zero-order valence-electron chi connectivity index (χ0n) is 9.74. The van der Waals surface area contributed by atoms with Gasteiger partial charge >= 0.3 is 0 Å². The van der Waals surface area contributed by atoms with Crippen LogP contribution in [-0.4, -0.2) is 21.6 Å². The number of thiophene rings is 1. The Hall–Kier alpha value is -1.37. The average Bonchev–Trinajstić information content (AvgIpc) is 3.02. The van der Waals surface area contributed by atoms with Crippen molar-refractivity contribution in [3.05, 3.63) is 39.8 Å². The first kappa shape index (κ1) is 11.7. The standard InChI is InChI=1S/C12H12N2O2S2/c1-16-9-5-11(18-7-9)10(15)4-8-6-14-2-3-17-12(14)13-8/h2-3,5-7,10,15H,4H2,1H3. The number of aromatic nitrogens is 2. The molecule has 0 aliphatic carbocycles. The summed E-state index contributed by atoms with van der Waals surface area (Å²) in [5.41, 5.74) is 0.904. The lowest BCUT2D eigenvalue weighted by molar-refractivity contribution is 0.181. The molecule has 3 aromatic rings. The number of nitrogens with zero attached hydrogens (tertiary/aromatic N) is 2. The van der Waals surface area contributed by atoms with Gasteiger partial charge in [-0.05, 0) is 6.07 Å². The molecule has 0 radical (unpaired) electrons. The number of hydrogen-bond donors (Lipinski definition) is 1. The average molecular weight is 280 g/mol. The first-order valence-electron chi connectivity index (χ1n) is 5.48. The van der Waals surface area contributed by atoms with Crippen LogP contribution in [0.1, 0.15) is 16.7 Å². The maximum atomic E-state index is 10.2. The van der Waals surface area contributed by atoms with Gasteiger partial charge in [0.2, 0.25) is 0 Å². The molecule has 0 amide bonds. The van der Waals surface area contributed by atoms with Crippen molar-refractivity contribution < 1.29 is 9.84 Å². The first-order chi connectivity index (χ1) is 8.76. The van der Waals surface area contributed by atoms with Crippen molar-refractivity contribution in [2.45, 2.75) is 12.5 Å². The number of methoxy groups -OCH3 is 1. The fourth-order valence-electron chi connectivity index (χ4n) is 1.79. The van der Waals surface area contributed by atoms with E-state index in [9.17, 15) is 5.11 Å². The summed E-state index contributed by atoms with van der Waals surface area (Å²) in [6, 6.07) is 1.87. The third-order valence-corrected chi connectivity index (χ3v) is 4.49. The third kappa shape index (κ3) is 2.14. The van der Waals surface area contributed by atoms with Gasteiger partial charge in [0.05, 0.1) is 18.9 Å². The van der Waals surface area contributed by atoms with Gasteiger partial charge in [0, 0.05) is 34.5 Å². The Labute approximate surface area is 112 Å². The Morgan fingerprint density at radius 2 is 2.39 bits per heavy atom. The van der Waals surface area contributed by atoms with E-state index in [4.69, 9.17) is 4.74 Å². The number of aliphatic hydroxyl groups is 1. The number of hydrogen-bond acceptors (Lipinski definition) is 5. The van der Waals surface area contributed by atoms with E-state index >= 15 is 0 Å². The molecule has 0 aliphatic rings. The largest absolute Gasteiger partial charge is 0.496 e. The highest BCUT2D eigenvalue weighted by Gasteiger charge is 2.14. The molecule has 0 aliphatic heterocycles. The Kier molecular flexibility index (Phi) is 3.07. The molecule has 0 saturated carbocycles. The Balaban J connectivity index is 1.77. The Morgan fingerprint density at radius 3 is 3.11 bits per heavy atom. The Bertz CT molecular complexity index is 627. The van der Waals surface area contributed by atoms with Gasteiger partial charge in [0.15, 0.2) is 4.96 Å². The first-order valence-corrected chi connectivity index (χ1v) is 7.24. The highest BCUT2D eigenvalue weighted by atomic mass is 32.1. The van der Waals surface area contributed by atoms with Crippen LogP contribution in [-0.2, 0) is 6.42 Å². The van der Waals surface area contributed by atoms with Gasteiger partial charge in [-0.25, -0.2) is 4.98 Å². The van der Waals surface area contributed by atoms with Gasteiger partial charge in [-0.1, -0.05) is 0 Å². The number of aliphatic hydroxyl groups excluding tert-OH is 1. The van der Waals surface area contributed by atoms with Crippen LogP contribution in [0, 0.1) is 0 Å². The minimum Gasteiger partial charge on any atom is -0.496 e.